The van der Waals surface area contributed by atoms with Gasteiger partial charge in [0.2, 0.25) is 0 Å². The second kappa shape index (κ2) is 12.3. The monoisotopic (exact) mass is 628 g/mol. The van der Waals surface area contributed by atoms with Crippen molar-refractivity contribution in [3.63, 3.8) is 0 Å². The number of non-ortho nitro benzene ring substituents is 1. The van der Waals surface area contributed by atoms with Gasteiger partial charge in [0.25, 0.3) is 5.69 Å². The second-order valence-electron chi connectivity index (χ2n) is 13.8. The molecule has 0 aromatic heterocycles. The number of anilines is 1. The van der Waals surface area contributed by atoms with Crippen LogP contribution in [0, 0.1) is 10.1 Å². The lowest BCUT2D eigenvalue weighted by Crippen LogP contribution is -2.53. The Kier molecular flexibility index (Phi) is 7.96. The Hall–Kier alpha value is -5.48. The maximum atomic E-state index is 11.4. The van der Waals surface area contributed by atoms with Crippen molar-refractivity contribution in [2.75, 3.05) is 4.90 Å². The molecule has 7 rings (SSSR count). The first-order valence-corrected chi connectivity index (χ1v) is 16.6. The minimum atomic E-state index is -0.563. The molecule has 48 heavy (non-hydrogen) atoms. The first kappa shape index (κ1) is 31.1. The molecule has 0 aliphatic carbocycles. The van der Waals surface area contributed by atoms with Gasteiger partial charge >= 0.3 is 0 Å². The van der Waals surface area contributed by atoms with Crippen molar-refractivity contribution < 1.29 is 4.92 Å². The number of nitro groups is 1. The number of benzene rings is 6. The summed E-state index contributed by atoms with van der Waals surface area (Å²) in [6, 6.07) is 57.6. The van der Waals surface area contributed by atoms with Crippen molar-refractivity contribution in [1.82, 2.24) is 0 Å². The minimum Gasteiger partial charge on any atom is -0.362 e. The number of rotatable bonds is 8. The number of nitrogens with zero attached hydrogens (tertiary/aromatic N) is 2. The van der Waals surface area contributed by atoms with Crippen molar-refractivity contribution in [2.24, 2.45) is 0 Å². The van der Waals surface area contributed by atoms with E-state index in [1.54, 1.807) is 12.1 Å². The molecule has 6 aromatic carbocycles. The molecule has 0 N–H and O–H groups in total. The molecule has 238 valence electrons. The van der Waals surface area contributed by atoms with Gasteiger partial charge in [0.05, 0.1) is 10.3 Å². The first-order chi connectivity index (χ1) is 23.2. The maximum absolute atomic E-state index is 11.4. The van der Waals surface area contributed by atoms with E-state index in [4.69, 9.17) is 0 Å². The zero-order chi connectivity index (χ0) is 33.4. The molecular weight excluding hydrogens is 588 g/mol. The van der Waals surface area contributed by atoms with Crippen LogP contribution in [0.5, 0.6) is 0 Å². The summed E-state index contributed by atoms with van der Waals surface area (Å²) in [5.41, 5.74) is 8.69. The van der Waals surface area contributed by atoms with Crippen molar-refractivity contribution in [1.29, 1.82) is 0 Å². The molecule has 0 saturated heterocycles. The third-order valence-corrected chi connectivity index (χ3v) is 10.4. The Morgan fingerprint density at radius 3 is 1.58 bits per heavy atom. The number of hydrogen-bond acceptors (Lipinski definition) is 3. The minimum absolute atomic E-state index is 0.109. The van der Waals surface area contributed by atoms with E-state index in [0.717, 1.165) is 12.0 Å². The van der Waals surface area contributed by atoms with E-state index < -0.39 is 5.41 Å². The highest BCUT2D eigenvalue weighted by atomic mass is 16.6. The van der Waals surface area contributed by atoms with Crippen LogP contribution in [0.4, 0.5) is 11.4 Å². The Morgan fingerprint density at radius 2 is 1.10 bits per heavy atom. The molecule has 0 spiro atoms. The Morgan fingerprint density at radius 1 is 0.625 bits per heavy atom. The molecule has 1 atom stereocenters. The smallest absolute Gasteiger partial charge is 0.269 e. The first-order valence-electron chi connectivity index (χ1n) is 16.6. The van der Waals surface area contributed by atoms with Gasteiger partial charge < -0.3 is 4.90 Å². The molecule has 1 aliphatic rings. The third-order valence-electron chi connectivity index (χ3n) is 10.4. The Balaban J connectivity index is 1.50. The van der Waals surface area contributed by atoms with Crippen LogP contribution in [0.3, 0.4) is 0 Å². The summed E-state index contributed by atoms with van der Waals surface area (Å²) in [4.78, 5) is 13.5. The molecule has 4 heteroatoms. The topological polar surface area (TPSA) is 46.4 Å². The van der Waals surface area contributed by atoms with Crippen LogP contribution in [-0.2, 0) is 17.4 Å². The highest BCUT2D eigenvalue weighted by Gasteiger charge is 2.47. The largest absolute Gasteiger partial charge is 0.362 e. The van der Waals surface area contributed by atoms with Crippen molar-refractivity contribution in [3.05, 3.63) is 213 Å². The van der Waals surface area contributed by atoms with E-state index in [1.165, 1.54) is 39.1 Å². The maximum Gasteiger partial charge on any atom is 0.269 e. The number of nitro benzene ring substituents is 1. The average Bonchev–Trinajstić information content (AvgIpc) is 3.12. The zero-order valence-electron chi connectivity index (χ0n) is 27.7. The fourth-order valence-electron chi connectivity index (χ4n) is 8.16. The Bertz CT molecular complexity index is 1930. The molecule has 0 fully saturated rings. The van der Waals surface area contributed by atoms with Gasteiger partial charge in [0.1, 0.15) is 0 Å². The summed E-state index contributed by atoms with van der Waals surface area (Å²) in [7, 11) is 0. The van der Waals surface area contributed by atoms with Crippen LogP contribution in [0.25, 0.3) is 0 Å². The van der Waals surface area contributed by atoms with E-state index in [9.17, 15) is 10.1 Å². The van der Waals surface area contributed by atoms with E-state index in [-0.39, 0.29) is 21.6 Å². The summed E-state index contributed by atoms with van der Waals surface area (Å²) in [6.45, 7) is 7.67. The summed E-state index contributed by atoms with van der Waals surface area (Å²) in [5, 5.41) is 11.4. The quantitative estimate of drug-likeness (QED) is 0.0957. The second-order valence-corrected chi connectivity index (χ2v) is 13.8. The molecule has 0 bridgehead atoms. The molecule has 6 aromatic rings. The van der Waals surface area contributed by atoms with Crippen LogP contribution < -0.4 is 4.90 Å². The molecule has 4 nitrogen and oxygen atoms in total. The molecular formula is C44H40N2O2. The molecule has 0 unspecified atom stereocenters. The lowest BCUT2D eigenvalue weighted by atomic mass is 9.61. The van der Waals surface area contributed by atoms with Gasteiger partial charge in [-0.2, -0.15) is 0 Å². The molecule has 0 saturated carbocycles. The van der Waals surface area contributed by atoms with E-state index in [0.29, 0.717) is 6.54 Å². The molecule has 0 amide bonds. The van der Waals surface area contributed by atoms with Crippen LogP contribution in [-0.4, -0.2) is 10.5 Å². The normalized spacial score (nSPS) is 17.0. The predicted molar refractivity (Wildman–Crippen MR) is 196 cm³/mol. The summed E-state index contributed by atoms with van der Waals surface area (Å²) in [6.07, 6.45) is 0.891. The van der Waals surface area contributed by atoms with Gasteiger partial charge in [-0.15, -0.1) is 0 Å². The van der Waals surface area contributed by atoms with Crippen LogP contribution in [0.15, 0.2) is 164 Å². The van der Waals surface area contributed by atoms with Crippen LogP contribution in [0.2, 0.25) is 0 Å². The fourth-order valence-corrected chi connectivity index (χ4v) is 8.16. The van der Waals surface area contributed by atoms with Gasteiger partial charge in [0.15, 0.2) is 0 Å². The summed E-state index contributed by atoms with van der Waals surface area (Å²) in [5.74, 6) is 0. The van der Waals surface area contributed by atoms with Gasteiger partial charge in [-0.05, 0) is 65.3 Å². The number of hydrogen-bond donors (Lipinski definition) is 0. The van der Waals surface area contributed by atoms with Crippen molar-refractivity contribution >= 4 is 11.4 Å². The summed E-state index contributed by atoms with van der Waals surface area (Å²) >= 11 is 0. The van der Waals surface area contributed by atoms with Crippen LogP contribution >= 0.6 is 0 Å². The molecule has 1 heterocycles. The number of fused-ring (bicyclic) bond motifs is 1. The van der Waals surface area contributed by atoms with E-state index >= 15 is 0 Å². The highest BCUT2D eigenvalue weighted by molar-refractivity contribution is 5.69. The lowest BCUT2D eigenvalue weighted by molar-refractivity contribution is -0.384. The third kappa shape index (κ3) is 5.28. The lowest BCUT2D eigenvalue weighted by Gasteiger charge is -2.53. The summed E-state index contributed by atoms with van der Waals surface area (Å²) < 4.78 is 0. The van der Waals surface area contributed by atoms with Crippen molar-refractivity contribution in [2.45, 2.75) is 50.1 Å². The van der Waals surface area contributed by atoms with E-state index in [1.807, 2.05) is 12.1 Å². The van der Waals surface area contributed by atoms with E-state index in [2.05, 4.69) is 165 Å². The zero-order valence-corrected chi connectivity index (χ0v) is 27.7. The standard InChI is InChI=1S/C44H40N2O2/c1-42(2)32-43(3,34-16-8-4-9-17-34)40-30-38(26-29-41(40)45(42)31-33-24-27-39(28-25-33)46(47)48)44(35-18-10-5-11-19-35,36-20-12-6-13-21-36)37-22-14-7-15-23-37/h4-30H,31-32H2,1-3H3/t43-/m0/s1. The van der Waals surface area contributed by atoms with Gasteiger partial charge in [-0.3, -0.25) is 10.1 Å². The van der Waals surface area contributed by atoms with Gasteiger partial charge in [-0.25, -0.2) is 0 Å². The SMILES string of the molecule is CC1(C)C[C@@](C)(c2ccccc2)c2cc(C(c3ccccc3)(c3ccccc3)c3ccccc3)ccc2N1Cc1ccc([N+](=O)[O-])cc1. The van der Waals surface area contributed by atoms with Crippen molar-refractivity contribution in [3.8, 4) is 0 Å². The average molecular weight is 629 g/mol. The molecule has 1 aliphatic heterocycles. The van der Waals surface area contributed by atoms with Crippen LogP contribution in [0.1, 0.15) is 66.1 Å². The highest BCUT2D eigenvalue weighted by Crippen LogP contribution is 2.54. The molecule has 0 radical (unpaired) electrons. The fraction of sp³-hybridized carbons (Fsp3) is 0.182. The predicted octanol–water partition coefficient (Wildman–Crippen LogP) is 10.5. The van der Waals surface area contributed by atoms with Gasteiger partial charge in [0, 0.05) is 35.3 Å². The van der Waals surface area contributed by atoms with Gasteiger partial charge in [-0.1, -0.05) is 153 Å². The Labute approximate surface area is 283 Å².